The molecule has 0 aromatic heterocycles. The number of nitrogens with one attached hydrogen (secondary N) is 2. The first kappa shape index (κ1) is 25.6. The predicted octanol–water partition coefficient (Wildman–Crippen LogP) is 2.55. The van der Waals surface area contributed by atoms with Gasteiger partial charge in [0.25, 0.3) is 0 Å². The van der Waals surface area contributed by atoms with Crippen molar-refractivity contribution in [3.05, 3.63) is 59.7 Å². The molecule has 0 aliphatic carbocycles. The summed E-state index contributed by atoms with van der Waals surface area (Å²) in [6.45, 7) is 4.56. The highest BCUT2D eigenvalue weighted by molar-refractivity contribution is 6.10. The molecule has 3 rings (SSSR count). The summed E-state index contributed by atoms with van der Waals surface area (Å²) in [5, 5.41) is 25.5. The van der Waals surface area contributed by atoms with Crippen LogP contribution in [0, 0.1) is 0 Å². The lowest BCUT2D eigenvalue weighted by Gasteiger charge is -2.11. The van der Waals surface area contributed by atoms with Crippen molar-refractivity contribution < 1.29 is 29.3 Å². The van der Waals surface area contributed by atoms with Crippen molar-refractivity contribution in [1.29, 1.82) is 0 Å². The third-order valence-electron chi connectivity index (χ3n) is 4.64. The van der Waals surface area contributed by atoms with E-state index < -0.39 is 0 Å². The van der Waals surface area contributed by atoms with Crippen LogP contribution in [0.3, 0.4) is 0 Å². The quantitative estimate of drug-likeness (QED) is 0.355. The molecule has 0 bridgehead atoms. The molecule has 0 radical (unpaired) electrons. The average molecular weight is 455 g/mol. The van der Waals surface area contributed by atoms with E-state index in [1.165, 1.54) is 38.5 Å². The van der Waals surface area contributed by atoms with Gasteiger partial charge in [-0.1, -0.05) is 24.3 Å². The van der Waals surface area contributed by atoms with E-state index in [4.69, 9.17) is 9.47 Å². The van der Waals surface area contributed by atoms with E-state index in [2.05, 4.69) is 10.6 Å². The van der Waals surface area contributed by atoms with Crippen molar-refractivity contribution in [1.82, 2.24) is 10.6 Å². The number of ketones is 2. The molecule has 176 valence electrons. The molecule has 33 heavy (non-hydrogen) atoms. The second-order valence-corrected chi connectivity index (χ2v) is 7.14. The third-order valence-corrected chi connectivity index (χ3v) is 4.64. The van der Waals surface area contributed by atoms with Crippen LogP contribution in [-0.4, -0.2) is 62.2 Å². The molecule has 1 fully saturated rings. The minimum atomic E-state index is -0.347. The predicted molar refractivity (Wildman–Crippen MR) is 128 cm³/mol. The Hall–Kier alpha value is -3.62. The molecule has 1 saturated heterocycles. The van der Waals surface area contributed by atoms with E-state index in [1.54, 1.807) is 36.4 Å². The highest BCUT2D eigenvalue weighted by Gasteiger charge is 2.06. The Kier molecular flexibility index (Phi) is 10.7. The summed E-state index contributed by atoms with van der Waals surface area (Å²) in [7, 11) is 2.87. The van der Waals surface area contributed by atoms with Crippen LogP contribution in [0.25, 0.3) is 12.2 Å². The molecule has 0 saturated carbocycles. The molecule has 4 N–H and O–H groups in total. The Morgan fingerprint density at radius 3 is 1.52 bits per heavy atom. The SMILES string of the molecule is C1CNCCN1.COc1cc(/C=C/C(=O)CC(=O)/C=C/c2ccc(O)c(OC)c2)ccc1O. The summed E-state index contributed by atoms with van der Waals surface area (Å²) in [5.74, 6) is -0.0832. The third kappa shape index (κ3) is 9.18. The van der Waals surface area contributed by atoms with Gasteiger partial charge in [-0.05, 0) is 47.5 Å². The fourth-order valence-corrected chi connectivity index (χ4v) is 2.87. The molecular weight excluding hydrogens is 424 g/mol. The summed E-state index contributed by atoms with van der Waals surface area (Å²) in [6.07, 6.45) is 5.44. The molecule has 0 unspecified atom stereocenters. The summed E-state index contributed by atoms with van der Waals surface area (Å²) < 4.78 is 10.00. The summed E-state index contributed by atoms with van der Waals surface area (Å²) >= 11 is 0. The summed E-state index contributed by atoms with van der Waals surface area (Å²) in [5.41, 5.74) is 1.33. The van der Waals surface area contributed by atoms with Crippen molar-refractivity contribution in [3.8, 4) is 23.0 Å². The number of rotatable bonds is 8. The fraction of sp³-hybridized carbons (Fsp3) is 0.280. The van der Waals surface area contributed by atoms with Gasteiger partial charge >= 0.3 is 0 Å². The number of piperazine rings is 1. The first-order chi connectivity index (χ1) is 15.9. The highest BCUT2D eigenvalue weighted by Crippen LogP contribution is 2.27. The number of aromatic hydroxyl groups is 2. The Morgan fingerprint density at radius 1 is 0.788 bits per heavy atom. The number of benzene rings is 2. The molecule has 8 nitrogen and oxygen atoms in total. The van der Waals surface area contributed by atoms with E-state index >= 15 is 0 Å². The van der Waals surface area contributed by atoms with E-state index in [1.807, 2.05) is 0 Å². The lowest BCUT2D eigenvalue weighted by molar-refractivity contribution is -0.121. The molecular formula is C25H30N2O6. The number of carbonyl (C=O) groups is 2. The molecule has 0 amide bonds. The molecule has 1 heterocycles. The van der Waals surface area contributed by atoms with Crippen molar-refractivity contribution in [2.24, 2.45) is 0 Å². The Labute approximate surface area is 193 Å². The topological polar surface area (TPSA) is 117 Å². The molecule has 1 aliphatic heterocycles. The van der Waals surface area contributed by atoms with Gasteiger partial charge in [-0.25, -0.2) is 0 Å². The molecule has 2 aromatic rings. The van der Waals surface area contributed by atoms with Crippen LogP contribution in [0.4, 0.5) is 0 Å². The monoisotopic (exact) mass is 454 g/mol. The van der Waals surface area contributed by atoms with Crippen molar-refractivity contribution in [2.75, 3.05) is 40.4 Å². The van der Waals surface area contributed by atoms with Gasteiger partial charge in [0.05, 0.1) is 20.6 Å². The van der Waals surface area contributed by atoms with Crippen LogP contribution in [-0.2, 0) is 9.59 Å². The van der Waals surface area contributed by atoms with Crippen LogP contribution in [0.5, 0.6) is 23.0 Å². The van der Waals surface area contributed by atoms with Gasteiger partial charge in [0, 0.05) is 26.2 Å². The van der Waals surface area contributed by atoms with E-state index in [0.29, 0.717) is 22.6 Å². The molecule has 1 aliphatic rings. The number of methoxy groups -OCH3 is 2. The zero-order valence-electron chi connectivity index (χ0n) is 18.8. The zero-order valence-corrected chi connectivity index (χ0v) is 18.8. The summed E-state index contributed by atoms with van der Waals surface area (Å²) in [6, 6.07) is 9.34. The maximum absolute atomic E-state index is 11.9. The van der Waals surface area contributed by atoms with Crippen LogP contribution in [0.2, 0.25) is 0 Å². The van der Waals surface area contributed by atoms with Gasteiger partial charge in [0.15, 0.2) is 34.6 Å². The van der Waals surface area contributed by atoms with E-state index in [0.717, 1.165) is 26.2 Å². The fourth-order valence-electron chi connectivity index (χ4n) is 2.87. The average Bonchev–Trinajstić information content (AvgIpc) is 2.84. The van der Waals surface area contributed by atoms with Gasteiger partial charge in [0.2, 0.25) is 0 Å². The van der Waals surface area contributed by atoms with Crippen LogP contribution >= 0.6 is 0 Å². The van der Waals surface area contributed by atoms with Crippen LogP contribution in [0.15, 0.2) is 48.6 Å². The lowest BCUT2D eigenvalue weighted by Crippen LogP contribution is -2.39. The van der Waals surface area contributed by atoms with E-state index in [-0.39, 0.29) is 29.5 Å². The highest BCUT2D eigenvalue weighted by atomic mass is 16.5. The number of allylic oxidation sites excluding steroid dienone is 2. The van der Waals surface area contributed by atoms with Crippen LogP contribution in [0.1, 0.15) is 17.5 Å². The zero-order chi connectivity index (χ0) is 24.1. The largest absolute Gasteiger partial charge is 0.504 e. The minimum Gasteiger partial charge on any atom is -0.504 e. The molecule has 0 spiro atoms. The second-order valence-electron chi connectivity index (χ2n) is 7.14. The molecule has 2 aromatic carbocycles. The minimum absolute atomic E-state index is 0.00662. The normalized spacial score (nSPS) is 13.4. The van der Waals surface area contributed by atoms with Crippen molar-refractivity contribution >= 4 is 23.7 Å². The number of phenols is 2. The molecule has 8 heteroatoms. The summed E-state index contributed by atoms with van der Waals surface area (Å²) in [4.78, 5) is 23.9. The van der Waals surface area contributed by atoms with Gasteiger partial charge in [-0.3, -0.25) is 9.59 Å². The second kappa shape index (κ2) is 13.7. The first-order valence-corrected chi connectivity index (χ1v) is 10.5. The number of phenolic OH excluding ortho intramolecular Hbond substituents is 2. The van der Waals surface area contributed by atoms with Crippen molar-refractivity contribution in [2.45, 2.75) is 6.42 Å². The Balaban J connectivity index is 0.000000554. The lowest BCUT2D eigenvalue weighted by atomic mass is 10.1. The first-order valence-electron chi connectivity index (χ1n) is 10.5. The van der Waals surface area contributed by atoms with Crippen LogP contribution < -0.4 is 20.1 Å². The van der Waals surface area contributed by atoms with Crippen molar-refractivity contribution in [3.63, 3.8) is 0 Å². The number of carbonyl (C=O) groups excluding carboxylic acids is 2. The van der Waals surface area contributed by atoms with Gasteiger partial charge in [-0.15, -0.1) is 0 Å². The Morgan fingerprint density at radius 2 is 1.18 bits per heavy atom. The van der Waals surface area contributed by atoms with Gasteiger partial charge < -0.3 is 30.3 Å². The standard InChI is InChI=1S/C21H20O6.C4H10N2/c1-26-20-11-14(5-9-18(20)24)3-7-16(22)13-17(23)8-4-15-6-10-19(25)21(12-15)27-2;1-2-6-4-3-5-1/h3-12,24-25H,13H2,1-2H3;5-6H,1-4H2/b7-3+,8-4+;. The molecule has 0 atom stereocenters. The smallest absolute Gasteiger partial charge is 0.163 e. The number of hydrogen-bond donors (Lipinski definition) is 4. The van der Waals surface area contributed by atoms with Gasteiger partial charge in [0.1, 0.15) is 0 Å². The maximum atomic E-state index is 11.9. The van der Waals surface area contributed by atoms with Gasteiger partial charge in [-0.2, -0.15) is 0 Å². The van der Waals surface area contributed by atoms with E-state index in [9.17, 15) is 19.8 Å². The maximum Gasteiger partial charge on any atom is 0.163 e. The number of hydrogen-bond acceptors (Lipinski definition) is 8. The number of ether oxygens (including phenoxy) is 2. The Bertz CT molecular complexity index is 911.